The summed E-state index contributed by atoms with van der Waals surface area (Å²) in [5.74, 6) is 0.726. The van der Waals surface area contributed by atoms with Gasteiger partial charge in [-0.3, -0.25) is 9.98 Å². The van der Waals surface area contributed by atoms with E-state index in [1.165, 1.54) is 0 Å². The average molecular weight is 489 g/mol. The maximum absolute atomic E-state index is 9.02. The Labute approximate surface area is 189 Å². The monoisotopic (exact) mass is 487 g/mol. The van der Waals surface area contributed by atoms with E-state index < -0.39 is 0 Å². The third-order valence-corrected chi connectivity index (χ3v) is 5.36. The van der Waals surface area contributed by atoms with Crippen molar-refractivity contribution in [1.82, 2.24) is 9.97 Å². The van der Waals surface area contributed by atoms with Crippen molar-refractivity contribution in [3.63, 3.8) is 0 Å². The van der Waals surface area contributed by atoms with Crippen LogP contribution >= 0.6 is 27.5 Å². The van der Waals surface area contributed by atoms with Crippen LogP contribution in [0.4, 0.5) is 5.82 Å². The van der Waals surface area contributed by atoms with E-state index in [1.54, 1.807) is 6.08 Å². The zero-order valence-corrected chi connectivity index (χ0v) is 19.5. The minimum absolute atomic E-state index is 0.130. The first-order valence-corrected chi connectivity index (χ1v) is 10.9. The third kappa shape index (κ3) is 4.79. The fourth-order valence-corrected chi connectivity index (χ4v) is 4.13. The standard InChI is InChI=1S/C21H23BrClN7/c1-4-15-18-17(9-16(22)19(15)27-12(2)3)28-21(23)29-20(18)30-7-5-6-26-14(11-30)8-13(25)10-24/h4,8-9,12H,5-7,11,25H2,1-3H3/b13-8-,15-4-,27-19?. The Bertz CT molecular complexity index is 1040. The molecule has 0 saturated carbocycles. The largest absolute Gasteiger partial charge is 0.390 e. The zero-order chi connectivity index (χ0) is 21.8. The Morgan fingerprint density at radius 3 is 2.87 bits per heavy atom. The summed E-state index contributed by atoms with van der Waals surface area (Å²) >= 11 is 9.93. The summed E-state index contributed by atoms with van der Waals surface area (Å²) in [6, 6.07) is 2.08. The number of allylic oxidation sites excluding steroid dienone is 4. The summed E-state index contributed by atoms with van der Waals surface area (Å²) in [5.41, 5.74) is 10.0. The molecule has 2 aliphatic rings. The second kappa shape index (κ2) is 9.54. The molecule has 0 spiro atoms. The highest BCUT2D eigenvalue weighted by molar-refractivity contribution is 9.12. The summed E-state index contributed by atoms with van der Waals surface area (Å²) in [6.07, 6.45) is 6.42. The van der Waals surface area contributed by atoms with Crippen LogP contribution in [0, 0.1) is 11.3 Å². The van der Waals surface area contributed by atoms with Crippen molar-refractivity contribution in [3.8, 4) is 6.07 Å². The number of anilines is 1. The molecule has 0 amide bonds. The zero-order valence-electron chi connectivity index (χ0n) is 17.2. The lowest BCUT2D eigenvalue weighted by Crippen LogP contribution is -2.32. The molecule has 7 nitrogen and oxygen atoms in total. The van der Waals surface area contributed by atoms with Gasteiger partial charge in [0.05, 0.1) is 29.2 Å². The first-order valence-electron chi connectivity index (χ1n) is 9.69. The number of hydrogen-bond acceptors (Lipinski definition) is 7. The SMILES string of the molecule is C/C=C1\C(=NC(C)C)C(Br)=Cc2nc(Cl)nc(N3CCCN=C(/C=C(\N)C#N)C3)c21. The highest BCUT2D eigenvalue weighted by atomic mass is 79.9. The van der Waals surface area contributed by atoms with Crippen molar-refractivity contribution >= 4 is 56.4 Å². The molecule has 2 heterocycles. The van der Waals surface area contributed by atoms with Gasteiger partial charge in [0, 0.05) is 29.2 Å². The summed E-state index contributed by atoms with van der Waals surface area (Å²) in [6.45, 7) is 7.93. The Kier molecular flexibility index (Phi) is 7.06. The molecular formula is C21H23BrClN7. The summed E-state index contributed by atoms with van der Waals surface area (Å²) < 4.78 is 0.861. The lowest BCUT2D eigenvalue weighted by Gasteiger charge is -2.28. The fraction of sp³-hybridized carbons (Fsp3) is 0.381. The molecule has 0 radical (unpaired) electrons. The Hall–Kier alpha value is -2.50. The Morgan fingerprint density at radius 1 is 1.43 bits per heavy atom. The van der Waals surface area contributed by atoms with E-state index in [0.717, 1.165) is 51.5 Å². The van der Waals surface area contributed by atoms with Gasteiger partial charge < -0.3 is 10.6 Å². The minimum atomic E-state index is 0.130. The molecule has 0 unspecified atom stereocenters. The normalized spacial score (nSPS) is 20.0. The predicted octanol–water partition coefficient (Wildman–Crippen LogP) is 4.15. The lowest BCUT2D eigenvalue weighted by molar-refractivity contribution is 0.791. The summed E-state index contributed by atoms with van der Waals surface area (Å²) in [7, 11) is 0. The average Bonchev–Trinajstić information content (AvgIpc) is 2.93. The molecular weight excluding hydrogens is 466 g/mol. The molecule has 1 aliphatic carbocycles. The first-order chi connectivity index (χ1) is 14.3. The third-order valence-electron chi connectivity index (χ3n) is 4.59. The predicted molar refractivity (Wildman–Crippen MR) is 127 cm³/mol. The molecule has 1 aromatic heterocycles. The number of halogens is 2. The van der Waals surface area contributed by atoms with Gasteiger partial charge in [0.15, 0.2) is 0 Å². The van der Waals surface area contributed by atoms with Gasteiger partial charge in [-0.1, -0.05) is 6.08 Å². The summed E-state index contributed by atoms with van der Waals surface area (Å²) in [4.78, 5) is 20.5. The Morgan fingerprint density at radius 2 is 2.20 bits per heavy atom. The number of hydrogen-bond donors (Lipinski definition) is 1. The summed E-state index contributed by atoms with van der Waals surface area (Å²) in [5, 5.41) is 9.20. The number of aromatic nitrogens is 2. The molecule has 30 heavy (non-hydrogen) atoms. The van der Waals surface area contributed by atoms with Crippen LogP contribution < -0.4 is 10.6 Å². The second-order valence-electron chi connectivity index (χ2n) is 7.20. The van der Waals surface area contributed by atoms with Crippen molar-refractivity contribution in [2.24, 2.45) is 15.7 Å². The van der Waals surface area contributed by atoms with Gasteiger partial charge in [-0.05, 0) is 66.9 Å². The van der Waals surface area contributed by atoms with Crippen LogP contribution in [0.25, 0.3) is 11.6 Å². The van der Waals surface area contributed by atoms with E-state index in [0.29, 0.717) is 13.1 Å². The highest BCUT2D eigenvalue weighted by Gasteiger charge is 2.29. The molecule has 9 heteroatoms. The van der Waals surface area contributed by atoms with E-state index >= 15 is 0 Å². The molecule has 0 atom stereocenters. The van der Waals surface area contributed by atoms with Gasteiger partial charge in [0.1, 0.15) is 17.6 Å². The number of nitriles is 1. The van der Waals surface area contributed by atoms with Crippen molar-refractivity contribution in [2.75, 3.05) is 24.5 Å². The van der Waals surface area contributed by atoms with Crippen molar-refractivity contribution in [2.45, 2.75) is 33.2 Å². The first kappa shape index (κ1) is 22.2. The van der Waals surface area contributed by atoms with E-state index in [4.69, 9.17) is 27.6 Å². The van der Waals surface area contributed by atoms with Gasteiger partial charge in [0.25, 0.3) is 0 Å². The van der Waals surface area contributed by atoms with Crippen LogP contribution in [0.1, 0.15) is 38.4 Å². The fourth-order valence-electron chi connectivity index (χ4n) is 3.43. The maximum atomic E-state index is 9.02. The number of nitrogens with zero attached hydrogens (tertiary/aromatic N) is 6. The molecule has 156 valence electrons. The van der Waals surface area contributed by atoms with E-state index in [1.807, 2.05) is 39.0 Å². The quantitative estimate of drug-likeness (QED) is 0.508. The molecule has 0 saturated heterocycles. The Balaban J connectivity index is 2.15. The van der Waals surface area contributed by atoms with Crippen LogP contribution in [-0.4, -0.2) is 47.1 Å². The van der Waals surface area contributed by atoms with Crippen LogP contribution in [0.15, 0.2) is 32.3 Å². The highest BCUT2D eigenvalue weighted by Crippen LogP contribution is 2.39. The number of rotatable bonds is 3. The van der Waals surface area contributed by atoms with E-state index in [-0.39, 0.29) is 17.0 Å². The van der Waals surface area contributed by atoms with Crippen LogP contribution in [0.2, 0.25) is 5.28 Å². The van der Waals surface area contributed by atoms with Crippen molar-refractivity contribution in [1.29, 1.82) is 5.26 Å². The minimum Gasteiger partial charge on any atom is -0.390 e. The smallest absolute Gasteiger partial charge is 0.224 e. The number of fused-ring (bicyclic) bond motifs is 1. The topological polar surface area (TPSA) is 104 Å². The van der Waals surface area contributed by atoms with Crippen molar-refractivity contribution in [3.05, 3.63) is 38.9 Å². The van der Waals surface area contributed by atoms with Gasteiger partial charge >= 0.3 is 0 Å². The molecule has 0 fully saturated rings. The second-order valence-corrected chi connectivity index (χ2v) is 8.39. The van der Waals surface area contributed by atoms with Gasteiger partial charge in [-0.2, -0.15) is 10.2 Å². The van der Waals surface area contributed by atoms with Crippen molar-refractivity contribution < 1.29 is 0 Å². The molecule has 0 bridgehead atoms. The van der Waals surface area contributed by atoms with E-state index in [9.17, 15) is 0 Å². The molecule has 1 aromatic rings. The van der Waals surface area contributed by atoms with Crippen LogP contribution in [0.5, 0.6) is 0 Å². The maximum Gasteiger partial charge on any atom is 0.224 e. The van der Waals surface area contributed by atoms with Crippen LogP contribution in [-0.2, 0) is 0 Å². The molecule has 0 aromatic carbocycles. The lowest BCUT2D eigenvalue weighted by atomic mass is 9.93. The molecule has 2 N–H and O–H groups in total. The number of nitrogens with two attached hydrogens (primary N) is 1. The van der Waals surface area contributed by atoms with Gasteiger partial charge in [-0.15, -0.1) is 0 Å². The number of aliphatic imine (C=N–C) groups is 2. The van der Waals surface area contributed by atoms with Gasteiger partial charge in [0.2, 0.25) is 5.28 Å². The molecule has 1 aliphatic heterocycles. The molecule has 3 rings (SSSR count). The van der Waals surface area contributed by atoms with Crippen LogP contribution in [0.3, 0.4) is 0 Å². The van der Waals surface area contributed by atoms with E-state index in [2.05, 4.69) is 35.8 Å². The van der Waals surface area contributed by atoms with Gasteiger partial charge in [-0.25, -0.2) is 4.98 Å².